The van der Waals surface area contributed by atoms with Gasteiger partial charge in [-0.1, -0.05) is 12.1 Å². The maximum absolute atomic E-state index is 12.0. The van der Waals surface area contributed by atoms with Gasteiger partial charge in [0, 0.05) is 11.8 Å². The molecule has 2 atom stereocenters. The number of aromatic nitrogens is 4. The highest BCUT2D eigenvalue weighted by Gasteiger charge is 2.42. The van der Waals surface area contributed by atoms with Crippen molar-refractivity contribution in [3.05, 3.63) is 74.1 Å². The molecule has 2 aromatic heterocycles. The van der Waals surface area contributed by atoms with Gasteiger partial charge < -0.3 is 9.72 Å². The van der Waals surface area contributed by atoms with Gasteiger partial charge >= 0.3 is 5.69 Å². The fourth-order valence-electron chi connectivity index (χ4n) is 3.30. The van der Waals surface area contributed by atoms with Gasteiger partial charge in [0.25, 0.3) is 5.56 Å². The highest BCUT2D eigenvalue weighted by molar-refractivity contribution is 5.59. The number of methoxy groups -OCH3 is 1. The molecule has 0 aliphatic heterocycles. The van der Waals surface area contributed by atoms with Crippen LogP contribution in [0.25, 0.3) is 11.3 Å². The van der Waals surface area contributed by atoms with E-state index < -0.39 is 11.2 Å². The number of ether oxygens (including phenoxy) is 1. The van der Waals surface area contributed by atoms with E-state index >= 15 is 0 Å². The Morgan fingerprint density at radius 3 is 2.81 bits per heavy atom. The third-order valence-corrected chi connectivity index (χ3v) is 4.71. The highest BCUT2D eigenvalue weighted by Crippen LogP contribution is 2.56. The van der Waals surface area contributed by atoms with Crippen molar-refractivity contribution in [1.29, 1.82) is 5.26 Å². The summed E-state index contributed by atoms with van der Waals surface area (Å²) in [5, 5.41) is 17.2. The van der Waals surface area contributed by atoms with Crippen molar-refractivity contribution in [2.75, 3.05) is 7.11 Å². The Kier molecular flexibility index (Phi) is 4.05. The molecule has 3 aromatic rings. The van der Waals surface area contributed by atoms with Gasteiger partial charge in [0.15, 0.2) is 0 Å². The molecule has 0 saturated heterocycles. The number of benzene rings is 1. The molecule has 1 fully saturated rings. The smallest absolute Gasteiger partial charge is 0.325 e. The lowest BCUT2D eigenvalue weighted by atomic mass is 10.0. The molecule has 1 aliphatic carbocycles. The number of rotatable bonds is 4. The van der Waals surface area contributed by atoms with Crippen LogP contribution < -0.4 is 16.0 Å². The summed E-state index contributed by atoms with van der Waals surface area (Å²) < 4.78 is 5.35. The van der Waals surface area contributed by atoms with Crippen LogP contribution in [0.15, 0.2) is 46.1 Å². The fraction of sp³-hybridized carbons (Fsp3) is 0.211. The lowest BCUT2D eigenvalue weighted by molar-refractivity contribution is 0.386. The van der Waals surface area contributed by atoms with Crippen molar-refractivity contribution in [1.82, 2.24) is 20.2 Å². The Balaban J connectivity index is 1.71. The zero-order valence-electron chi connectivity index (χ0n) is 14.4. The molecular formula is C19H15N5O3. The van der Waals surface area contributed by atoms with Crippen LogP contribution in [0.4, 0.5) is 0 Å². The second kappa shape index (κ2) is 6.53. The zero-order chi connectivity index (χ0) is 19.0. The molecule has 134 valence electrons. The number of hydrogen-bond donors (Lipinski definition) is 2. The van der Waals surface area contributed by atoms with Crippen LogP contribution in [0.5, 0.6) is 5.88 Å². The molecule has 0 spiro atoms. The van der Waals surface area contributed by atoms with Crippen molar-refractivity contribution >= 4 is 0 Å². The van der Waals surface area contributed by atoms with Gasteiger partial charge in [-0.05, 0) is 42.0 Å². The van der Waals surface area contributed by atoms with Crippen molar-refractivity contribution in [3.8, 4) is 23.2 Å². The van der Waals surface area contributed by atoms with Crippen LogP contribution in [0, 0.1) is 11.3 Å². The molecule has 0 bridgehead atoms. The monoisotopic (exact) mass is 361 g/mol. The Morgan fingerprint density at radius 1 is 1.22 bits per heavy atom. The standard InChI is InChI=1S/C19H15N5O3/c1-27-18-14(13-6-12(13)11-4-2-3-10(5-11)8-20)7-16(23-24-18)15-9-21-19(26)22-17(15)25/h2-5,7,9,12-13H,6H2,1H3,(H2,21,22,25,26)/t12-,13+/m1/s1. The molecule has 4 rings (SSSR count). The first-order chi connectivity index (χ1) is 13.1. The molecule has 0 amide bonds. The third-order valence-electron chi connectivity index (χ3n) is 4.71. The SMILES string of the molecule is COc1nnc(-c2c[nH]c(=O)[nH]c2=O)cc1[C@H]1C[C@@H]1c1cccc(C#N)c1. The summed E-state index contributed by atoms with van der Waals surface area (Å²) >= 11 is 0. The maximum Gasteiger partial charge on any atom is 0.325 e. The molecule has 1 aromatic carbocycles. The Morgan fingerprint density at radius 2 is 2.07 bits per heavy atom. The predicted octanol–water partition coefficient (Wildman–Crippen LogP) is 1.67. The number of H-pyrrole nitrogens is 2. The van der Waals surface area contributed by atoms with Crippen molar-refractivity contribution < 1.29 is 4.74 Å². The van der Waals surface area contributed by atoms with Crippen molar-refractivity contribution in [3.63, 3.8) is 0 Å². The molecule has 1 aliphatic rings. The average Bonchev–Trinajstić information content (AvgIpc) is 3.48. The van der Waals surface area contributed by atoms with E-state index in [1.807, 2.05) is 18.2 Å². The first-order valence-electron chi connectivity index (χ1n) is 8.34. The Bertz CT molecular complexity index is 1170. The van der Waals surface area contributed by atoms with Gasteiger partial charge in [-0.15, -0.1) is 10.2 Å². The number of nitrogens with one attached hydrogen (secondary N) is 2. The number of nitriles is 1. The normalized spacial score (nSPS) is 17.9. The molecule has 2 heterocycles. The first-order valence-corrected chi connectivity index (χ1v) is 8.34. The van der Waals surface area contributed by atoms with E-state index in [0.29, 0.717) is 17.1 Å². The van der Waals surface area contributed by atoms with Crippen LogP contribution in [-0.2, 0) is 0 Å². The Labute approximate surface area is 153 Å². The molecule has 0 radical (unpaired) electrons. The Hall–Kier alpha value is -3.73. The number of aromatic amines is 2. The van der Waals surface area contributed by atoms with Crippen LogP contribution in [-0.4, -0.2) is 27.3 Å². The zero-order valence-corrected chi connectivity index (χ0v) is 14.4. The van der Waals surface area contributed by atoms with E-state index in [2.05, 4.69) is 26.2 Å². The maximum atomic E-state index is 12.0. The lowest BCUT2D eigenvalue weighted by Gasteiger charge is -2.08. The predicted molar refractivity (Wildman–Crippen MR) is 96.5 cm³/mol. The van der Waals surface area contributed by atoms with Gasteiger partial charge in [0.1, 0.15) is 5.69 Å². The topological polar surface area (TPSA) is 125 Å². The van der Waals surface area contributed by atoms with E-state index in [-0.39, 0.29) is 17.4 Å². The van der Waals surface area contributed by atoms with Crippen LogP contribution in [0.1, 0.15) is 34.9 Å². The summed E-state index contributed by atoms with van der Waals surface area (Å²) in [6.45, 7) is 0. The summed E-state index contributed by atoms with van der Waals surface area (Å²) in [4.78, 5) is 27.9. The quantitative estimate of drug-likeness (QED) is 0.728. The minimum Gasteiger partial charge on any atom is -0.480 e. The number of nitrogens with zero attached hydrogens (tertiary/aromatic N) is 3. The second-order valence-electron chi connectivity index (χ2n) is 6.37. The van der Waals surface area contributed by atoms with Crippen molar-refractivity contribution in [2.24, 2.45) is 0 Å². The summed E-state index contributed by atoms with van der Waals surface area (Å²) in [7, 11) is 1.52. The first kappa shape index (κ1) is 16.7. The van der Waals surface area contributed by atoms with Crippen LogP contribution in [0.3, 0.4) is 0 Å². The van der Waals surface area contributed by atoms with E-state index in [1.165, 1.54) is 13.3 Å². The van der Waals surface area contributed by atoms with E-state index in [1.54, 1.807) is 12.1 Å². The molecule has 27 heavy (non-hydrogen) atoms. The van der Waals surface area contributed by atoms with E-state index in [4.69, 9.17) is 10.00 Å². The molecule has 8 heteroatoms. The lowest BCUT2D eigenvalue weighted by Crippen LogP contribution is -2.23. The summed E-state index contributed by atoms with van der Waals surface area (Å²) in [6.07, 6.45) is 2.21. The number of hydrogen-bond acceptors (Lipinski definition) is 6. The minimum absolute atomic E-state index is 0.157. The summed E-state index contributed by atoms with van der Waals surface area (Å²) in [6, 6.07) is 11.5. The largest absolute Gasteiger partial charge is 0.480 e. The van der Waals surface area contributed by atoms with E-state index in [0.717, 1.165) is 17.5 Å². The van der Waals surface area contributed by atoms with Gasteiger partial charge in [-0.2, -0.15) is 5.26 Å². The fourth-order valence-corrected chi connectivity index (χ4v) is 3.30. The van der Waals surface area contributed by atoms with Crippen LogP contribution in [0.2, 0.25) is 0 Å². The van der Waals surface area contributed by atoms with Gasteiger partial charge in [-0.25, -0.2) is 4.79 Å². The van der Waals surface area contributed by atoms with Gasteiger partial charge in [0.2, 0.25) is 5.88 Å². The average molecular weight is 361 g/mol. The summed E-state index contributed by atoms with van der Waals surface area (Å²) in [5.41, 5.74) is 2.04. The van der Waals surface area contributed by atoms with Crippen molar-refractivity contribution in [2.45, 2.75) is 18.3 Å². The molecule has 1 saturated carbocycles. The van der Waals surface area contributed by atoms with Gasteiger partial charge in [0.05, 0.1) is 24.3 Å². The third kappa shape index (κ3) is 3.11. The minimum atomic E-state index is -0.579. The van der Waals surface area contributed by atoms with Crippen LogP contribution >= 0.6 is 0 Å². The van der Waals surface area contributed by atoms with E-state index in [9.17, 15) is 9.59 Å². The molecule has 0 unspecified atom stereocenters. The molecule has 8 nitrogen and oxygen atoms in total. The highest BCUT2D eigenvalue weighted by atomic mass is 16.5. The second-order valence-corrected chi connectivity index (χ2v) is 6.37. The molecular weight excluding hydrogens is 346 g/mol. The van der Waals surface area contributed by atoms with Gasteiger partial charge in [-0.3, -0.25) is 9.78 Å². The summed E-state index contributed by atoms with van der Waals surface area (Å²) in [5.74, 6) is 0.812. The molecule has 2 N–H and O–H groups in total.